The third-order valence-corrected chi connectivity index (χ3v) is 5.22. The summed E-state index contributed by atoms with van der Waals surface area (Å²) in [5.41, 5.74) is -1.51. The van der Waals surface area contributed by atoms with Gasteiger partial charge in [-0.3, -0.25) is 9.59 Å². The van der Waals surface area contributed by atoms with Crippen molar-refractivity contribution < 1.29 is 26.4 Å². The highest BCUT2D eigenvalue weighted by atomic mass is 32.2. The second kappa shape index (κ2) is 6.80. The molecule has 6 nitrogen and oxygen atoms in total. The van der Waals surface area contributed by atoms with Crippen LogP contribution < -0.4 is 0 Å². The van der Waals surface area contributed by atoms with E-state index in [1.807, 2.05) is 0 Å². The highest BCUT2D eigenvalue weighted by Crippen LogP contribution is 2.32. The molecule has 0 N–H and O–H groups in total. The molecule has 0 aromatic carbocycles. The zero-order valence-electron chi connectivity index (χ0n) is 12.3. The predicted octanol–water partition coefficient (Wildman–Crippen LogP) is 0.410. The van der Waals surface area contributed by atoms with Crippen molar-refractivity contribution in [2.45, 2.75) is 33.1 Å². The van der Waals surface area contributed by atoms with Crippen molar-refractivity contribution in [1.82, 2.24) is 0 Å². The third kappa shape index (κ3) is 6.13. The molecule has 0 heterocycles. The van der Waals surface area contributed by atoms with Crippen LogP contribution in [0, 0.1) is 5.41 Å². The van der Waals surface area contributed by atoms with E-state index >= 15 is 0 Å². The van der Waals surface area contributed by atoms with Gasteiger partial charge in [-0.05, 0) is 19.8 Å². The summed E-state index contributed by atoms with van der Waals surface area (Å²) in [5.74, 6) is -1.52. The van der Waals surface area contributed by atoms with E-state index in [-0.39, 0.29) is 30.8 Å². The molecule has 0 spiro atoms. The van der Waals surface area contributed by atoms with E-state index in [2.05, 4.69) is 0 Å². The van der Waals surface area contributed by atoms with Crippen LogP contribution in [0.1, 0.15) is 33.1 Å². The van der Waals surface area contributed by atoms with Crippen LogP contribution in [-0.2, 0) is 29.3 Å². The standard InChI is InChI=1S/C12H22O6S2/c1-5-11(14)12(10(2)13,6-8-19(3,15)16)7-9-20(4,17)18/h5-9H2,1-4H3. The smallest absolute Gasteiger partial charge is 0.147 e. The van der Waals surface area contributed by atoms with Crippen LogP contribution in [0.5, 0.6) is 0 Å². The van der Waals surface area contributed by atoms with Crippen molar-refractivity contribution in [3.63, 3.8) is 0 Å². The molecule has 0 saturated carbocycles. The molecule has 0 aliphatic carbocycles. The van der Waals surface area contributed by atoms with E-state index in [0.717, 1.165) is 12.5 Å². The van der Waals surface area contributed by atoms with Gasteiger partial charge in [-0.15, -0.1) is 0 Å². The fourth-order valence-corrected chi connectivity index (χ4v) is 3.45. The molecule has 0 aliphatic heterocycles. The number of hydrogen-bond acceptors (Lipinski definition) is 6. The first-order chi connectivity index (χ1) is 8.84. The van der Waals surface area contributed by atoms with Crippen LogP contribution in [0.15, 0.2) is 0 Å². The Hall–Kier alpha value is -0.760. The lowest BCUT2D eigenvalue weighted by molar-refractivity contribution is -0.139. The lowest BCUT2D eigenvalue weighted by Crippen LogP contribution is -2.41. The van der Waals surface area contributed by atoms with Crippen molar-refractivity contribution in [3.05, 3.63) is 0 Å². The fourth-order valence-electron chi connectivity index (χ4n) is 2.01. The first-order valence-corrected chi connectivity index (χ1v) is 10.4. The topological polar surface area (TPSA) is 102 Å². The maximum Gasteiger partial charge on any atom is 0.147 e. The van der Waals surface area contributed by atoms with Crippen LogP contribution in [0.4, 0.5) is 0 Å². The number of Topliss-reactive ketones (excluding diaryl/α,β-unsaturated/α-hetero) is 2. The number of ketones is 2. The summed E-state index contributed by atoms with van der Waals surface area (Å²) in [7, 11) is -6.68. The number of hydrogen-bond donors (Lipinski definition) is 0. The van der Waals surface area contributed by atoms with Crippen LogP contribution in [0.2, 0.25) is 0 Å². The molecule has 0 aromatic rings. The summed E-state index contributed by atoms with van der Waals surface area (Å²) in [6, 6.07) is 0. The Kier molecular flexibility index (Phi) is 6.54. The molecule has 118 valence electrons. The minimum absolute atomic E-state index is 0.0626. The summed E-state index contributed by atoms with van der Waals surface area (Å²) >= 11 is 0. The fraction of sp³-hybridized carbons (Fsp3) is 0.833. The number of carbonyl (C=O) groups excluding carboxylic acids is 2. The molecule has 0 aromatic heterocycles. The lowest BCUT2D eigenvalue weighted by atomic mass is 9.74. The van der Waals surface area contributed by atoms with E-state index in [4.69, 9.17) is 0 Å². The summed E-state index contributed by atoms with van der Waals surface area (Å²) < 4.78 is 45.1. The van der Waals surface area contributed by atoms with E-state index < -0.39 is 36.7 Å². The maximum absolute atomic E-state index is 12.1. The Bertz CT molecular complexity index is 535. The van der Waals surface area contributed by atoms with Gasteiger partial charge in [0.1, 0.15) is 31.2 Å². The number of carbonyl (C=O) groups is 2. The molecule has 0 fully saturated rings. The van der Waals surface area contributed by atoms with E-state index in [1.165, 1.54) is 6.92 Å². The lowest BCUT2D eigenvalue weighted by Gasteiger charge is -2.29. The van der Waals surface area contributed by atoms with Crippen molar-refractivity contribution in [3.8, 4) is 0 Å². The normalized spacial score (nSPS) is 13.2. The summed E-state index contributed by atoms with van der Waals surface area (Å²) in [6.45, 7) is 2.78. The van der Waals surface area contributed by atoms with Gasteiger partial charge in [0.2, 0.25) is 0 Å². The van der Waals surface area contributed by atoms with E-state index in [0.29, 0.717) is 0 Å². The maximum atomic E-state index is 12.1. The second-order valence-electron chi connectivity index (χ2n) is 5.17. The second-order valence-corrected chi connectivity index (χ2v) is 9.69. The Labute approximate surface area is 120 Å². The molecular formula is C12H22O6S2. The average molecular weight is 326 g/mol. The van der Waals surface area contributed by atoms with Crippen LogP contribution >= 0.6 is 0 Å². The number of sulfone groups is 2. The van der Waals surface area contributed by atoms with Gasteiger partial charge in [0.15, 0.2) is 0 Å². The molecule has 8 heteroatoms. The molecule has 0 radical (unpaired) electrons. The van der Waals surface area contributed by atoms with Crippen LogP contribution in [-0.4, -0.2) is 52.4 Å². The van der Waals surface area contributed by atoms with Crippen molar-refractivity contribution >= 4 is 31.2 Å². The Balaban J connectivity index is 5.48. The SMILES string of the molecule is CCC(=O)C(CCS(C)(=O)=O)(CCS(C)(=O)=O)C(C)=O. The molecule has 0 rings (SSSR count). The van der Waals surface area contributed by atoms with Gasteiger partial charge in [-0.1, -0.05) is 6.92 Å². The minimum atomic E-state index is -3.34. The first-order valence-electron chi connectivity index (χ1n) is 6.24. The molecule has 20 heavy (non-hydrogen) atoms. The van der Waals surface area contributed by atoms with Gasteiger partial charge < -0.3 is 0 Å². The average Bonchev–Trinajstić information content (AvgIpc) is 2.25. The van der Waals surface area contributed by atoms with Gasteiger partial charge in [0, 0.05) is 18.9 Å². The molecule has 0 bridgehead atoms. The van der Waals surface area contributed by atoms with Gasteiger partial charge in [-0.25, -0.2) is 16.8 Å². The quantitative estimate of drug-likeness (QED) is 0.569. The van der Waals surface area contributed by atoms with Gasteiger partial charge in [0.05, 0.1) is 16.9 Å². The molecule has 0 atom stereocenters. The van der Waals surface area contributed by atoms with Crippen molar-refractivity contribution in [2.24, 2.45) is 5.41 Å². The highest BCUT2D eigenvalue weighted by Gasteiger charge is 2.42. The van der Waals surface area contributed by atoms with E-state index in [9.17, 15) is 26.4 Å². The molecule has 0 unspecified atom stereocenters. The zero-order chi connectivity index (χ0) is 16.2. The zero-order valence-corrected chi connectivity index (χ0v) is 13.9. The van der Waals surface area contributed by atoms with Gasteiger partial charge in [-0.2, -0.15) is 0 Å². The Morgan fingerprint density at radius 1 is 0.900 bits per heavy atom. The monoisotopic (exact) mass is 326 g/mol. The molecule has 0 saturated heterocycles. The number of rotatable bonds is 9. The van der Waals surface area contributed by atoms with Crippen molar-refractivity contribution in [1.29, 1.82) is 0 Å². The molecule has 0 amide bonds. The van der Waals surface area contributed by atoms with E-state index in [1.54, 1.807) is 6.92 Å². The first kappa shape index (κ1) is 19.2. The Morgan fingerprint density at radius 3 is 1.45 bits per heavy atom. The molecule has 0 aliphatic rings. The summed E-state index contributed by atoms with van der Waals surface area (Å²) in [6.07, 6.45) is 1.77. The molecular weight excluding hydrogens is 304 g/mol. The van der Waals surface area contributed by atoms with Crippen molar-refractivity contribution in [2.75, 3.05) is 24.0 Å². The van der Waals surface area contributed by atoms with Gasteiger partial charge in [0.25, 0.3) is 0 Å². The third-order valence-electron chi connectivity index (χ3n) is 3.33. The van der Waals surface area contributed by atoms with Gasteiger partial charge >= 0.3 is 0 Å². The minimum Gasteiger partial charge on any atom is -0.299 e. The predicted molar refractivity (Wildman–Crippen MR) is 77.1 cm³/mol. The summed E-state index contributed by atoms with van der Waals surface area (Å²) in [4.78, 5) is 24.0. The Morgan fingerprint density at radius 2 is 1.25 bits per heavy atom. The largest absolute Gasteiger partial charge is 0.299 e. The van der Waals surface area contributed by atoms with Crippen LogP contribution in [0.25, 0.3) is 0 Å². The highest BCUT2D eigenvalue weighted by molar-refractivity contribution is 7.90. The summed E-state index contributed by atoms with van der Waals surface area (Å²) in [5, 5.41) is 0. The van der Waals surface area contributed by atoms with Crippen LogP contribution in [0.3, 0.4) is 0 Å².